The molecule has 0 bridgehead atoms. The highest BCUT2D eigenvalue weighted by atomic mass is 16.2. The van der Waals surface area contributed by atoms with Gasteiger partial charge in [0.1, 0.15) is 0 Å². The molecule has 0 spiro atoms. The van der Waals surface area contributed by atoms with E-state index in [1.54, 1.807) is 6.07 Å². The van der Waals surface area contributed by atoms with Crippen LogP contribution in [0.5, 0.6) is 0 Å². The molecule has 6 nitrogen and oxygen atoms in total. The summed E-state index contributed by atoms with van der Waals surface area (Å²) in [5, 5.41) is 5.77. The van der Waals surface area contributed by atoms with Gasteiger partial charge in [-0.25, -0.2) is 4.79 Å². The number of hydrogen-bond donors (Lipinski definition) is 2. The Morgan fingerprint density at radius 3 is 2.50 bits per heavy atom. The van der Waals surface area contributed by atoms with Crippen LogP contribution in [-0.4, -0.2) is 44.0 Å². The van der Waals surface area contributed by atoms with Crippen LogP contribution in [0, 0.1) is 6.92 Å². The first-order chi connectivity index (χ1) is 13.5. The number of carbonyl (C=O) groups is 2. The summed E-state index contributed by atoms with van der Waals surface area (Å²) in [4.78, 5) is 29.2. The Kier molecular flexibility index (Phi) is 6.19. The van der Waals surface area contributed by atoms with Gasteiger partial charge in [0.25, 0.3) is 5.91 Å². The molecule has 148 valence electrons. The fourth-order valence-electron chi connectivity index (χ4n) is 3.39. The van der Waals surface area contributed by atoms with Crippen molar-refractivity contribution in [2.75, 3.05) is 37.4 Å². The third-order valence-electron chi connectivity index (χ3n) is 5.02. The van der Waals surface area contributed by atoms with Crippen LogP contribution >= 0.6 is 0 Å². The van der Waals surface area contributed by atoms with Crippen molar-refractivity contribution in [2.24, 2.45) is 0 Å². The molecule has 0 radical (unpaired) electrons. The Morgan fingerprint density at radius 2 is 1.79 bits per heavy atom. The third-order valence-corrected chi connectivity index (χ3v) is 5.02. The largest absolute Gasteiger partial charge is 0.378 e. The van der Waals surface area contributed by atoms with Gasteiger partial charge >= 0.3 is 6.03 Å². The van der Waals surface area contributed by atoms with E-state index in [1.807, 2.05) is 67.2 Å². The highest BCUT2D eigenvalue weighted by molar-refractivity contribution is 6.04. The van der Waals surface area contributed by atoms with Crippen molar-refractivity contribution in [3.63, 3.8) is 0 Å². The van der Waals surface area contributed by atoms with Crippen LogP contribution in [0.15, 0.2) is 42.5 Å². The minimum absolute atomic E-state index is 0.0183. The second kappa shape index (κ2) is 8.78. The Balaban J connectivity index is 1.68. The van der Waals surface area contributed by atoms with E-state index in [9.17, 15) is 9.59 Å². The Hall–Kier alpha value is -3.02. The first kappa shape index (κ1) is 19.7. The van der Waals surface area contributed by atoms with Crippen LogP contribution in [0.3, 0.4) is 0 Å². The van der Waals surface area contributed by atoms with Crippen LogP contribution in [0.1, 0.15) is 34.3 Å². The first-order valence-electron chi connectivity index (χ1n) is 9.65. The molecule has 3 rings (SSSR count). The summed E-state index contributed by atoms with van der Waals surface area (Å²) in [5.41, 5.74) is 4.09. The Bertz CT molecular complexity index is 857. The van der Waals surface area contributed by atoms with E-state index < -0.39 is 0 Å². The highest BCUT2D eigenvalue weighted by Crippen LogP contribution is 2.24. The van der Waals surface area contributed by atoms with Crippen LogP contribution < -0.4 is 15.5 Å². The fourth-order valence-corrected chi connectivity index (χ4v) is 3.39. The number of nitrogens with one attached hydrogen (secondary N) is 2. The minimum Gasteiger partial charge on any atom is -0.378 e. The van der Waals surface area contributed by atoms with Crippen molar-refractivity contribution in [2.45, 2.75) is 26.3 Å². The lowest BCUT2D eigenvalue weighted by molar-refractivity contribution is 0.0794. The molecule has 1 aliphatic rings. The summed E-state index contributed by atoms with van der Waals surface area (Å²) in [6.07, 6.45) is 2.07. The van der Waals surface area contributed by atoms with E-state index in [1.165, 1.54) is 0 Å². The molecule has 6 heteroatoms. The maximum absolute atomic E-state index is 12.8. The summed E-state index contributed by atoms with van der Waals surface area (Å²) >= 11 is 0. The minimum atomic E-state index is -0.319. The van der Waals surface area contributed by atoms with Gasteiger partial charge in [0.2, 0.25) is 0 Å². The third kappa shape index (κ3) is 4.63. The average molecular weight is 380 g/mol. The van der Waals surface area contributed by atoms with Gasteiger partial charge in [0, 0.05) is 39.4 Å². The van der Waals surface area contributed by atoms with E-state index in [4.69, 9.17) is 0 Å². The Morgan fingerprint density at radius 1 is 1.07 bits per heavy atom. The van der Waals surface area contributed by atoms with Crippen molar-refractivity contribution in [3.05, 3.63) is 59.2 Å². The van der Waals surface area contributed by atoms with E-state index in [2.05, 4.69) is 10.6 Å². The lowest BCUT2D eigenvalue weighted by Crippen LogP contribution is -2.32. The monoisotopic (exact) mass is 380 g/mol. The van der Waals surface area contributed by atoms with Gasteiger partial charge in [-0.05, 0) is 49.1 Å². The van der Waals surface area contributed by atoms with Crippen molar-refractivity contribution in [1.29, 1.82) is 0 Å². The second-order valence-corrected chi connectivity index (χ2v) is 7.37. The molecule has 2 aromatic rings. The Labute approximate surface area is 166 Å². The maximum atomic E-state index is 12.8. The molecule has 3 amide bonds. The number of para-hydroxylation sites is 1. The number of anilines is 2. The summed E-state index contributed by atoms with van der Waals surface area (Å²) in [7, 11) is 3.96. The second-order valence-electron chi connectivity index (χ2n) is 7.37. The van der Waals surface area contributed by atoms with E-state index in [-0.39, 0.29) is 11.9 Å². The van der Waals surface area contributed by atoms with Crippen molar-refractivity contribution >= 4 is 23.3 Å². The zero-order valence-electron chi connectivity index (χ0n) is 16.8. The molecule has 28 heavy (non-hydrogen) atoms. The van der Waals surface area contributed by atoms with E-state index >= 15 is 0 Å². The number of likely N-dealkylation sites (tertiary alicyclic amines) is 1. The quantitative estimate of drug-likeness (QED) is 0.833. The van der Waals surface area contributed by atoms with Crippen molar-refractivity contribution in [3.8, 4) is 0 Å². The number of aryl methyl sites for hydroxylation is 1. The van der Waals surface area contributed by atoms with Gasteiger partial charge in [-0.1, -0.05) is 24.3 Å². The standard InChI is InChI=1S/C22H28N4O2/c1-16-8-6-11-19(21(27)26-12-4-5-13-26)20(16)24-22(28)23-15-17-9-7-10-18(14-17)25(2)3/h6-11,14H,4-5,12-13,15H2,1-3H3,(H2,23,24,28). The number of carbonyl (C=O) groups excluding carboxylic acids is 2. The van der Waals surface area contributed by atoms with Crippen LogP contribution in [0.25, 0.3) is 0 Å². The summed E-state index contributed by atoms with van der Waals surface area (Å²) in [6.45, 7) is 3.87. The predicted octanol–water partition coefficient (Wildman–Crippen LogP) is 3.62. The molecule has 2 N–H and O–H groups in total. The number of amides is 3. The normalized spacial score (nSPS) is 13.3. The molecular weight excluding hydrogens is 352 g/mol. The predicted molar refractivity (Wildman–Crippen MR) is 113 cm³/mol. The van der Waals surface area contributed by atoms with E-state index in [0.717, 1.165) is 42.7 Å². The molecule has 1 saturated heterocycles. The van der Waals surface area contributed by atoms with Gasteiger partial charge in [0.05, 0.1) is 11.3 Å². The number of urea groups is 1. The van der Waals surface area contributed by atoms with Crippen LogP contribution in [0.2, 0.25) is 0 Å². The van der Waals surface area contributed by atoms with Gasteiger partial charge < -0.3 is 20.4 Å². The number of nitrogens with zero attached hydrogens (tertiary/aromatic N) is 2. The lowest BCUT2D eigenvalue weighted by Gasteiger charge is -2.19. The molecule has 2 aromatic carbocycles. The van der Waals surface area contributed by atoms with Crippen LogP contribution in [-0.2, 0) is 6.54 Å². The van der Waals surface area contributed by atoms with Gasteiger partial charge in [0.15, 0.2) is 0 Å². The molecule has 1 heterocycles. The number of rotatable bonds is 5. The molecule has 0 saturated carbocycles. The maximum Gasteiger partial charge on any atom is 0.319 e. The molecule has 1 aliphatic heterocycles. The summed E-state index contributed by atoms with van der Waals surface area (Å²) in [5.74, 6) is -0.0183. The average Bonchev–Trinajstić information content (AvgIpc) is 3.22. The number of benzene rings is 2. The zero-order chi connectivity index (χ0) is 20.1. The fraction of sp³-hybridized carbons (Fsp3) is 0.364. The van der Waals surface area contributed by atoms with Crippen LogP contribution in [0.4, 0.5) is 16.2 Å². The SMILES string of the molecule is Cc1cccc(C(=O)N2CCCC2)c1NC(=O)NCc1cccc(N(C)C)c1. The molecular formula is C22H28N4O2. The first-order valence-corrected chi connectivity index (χ1v) is 9.65. The van der Waals surface area contributed by atoms with E-state index in [0.29, 0.717) is 17.8 Å². The highest BCUT2D eigenvalue weighted by Gasteiger charge is 2.23. The molecule has 0 aliphatic carbocycles. The topological polar surface area (TPSA) is 64.7 Å². The summed E-state index contributed by atoms with van der Waals surface area (Å²) < 4.78 is 0. The van der Waals surface area contributed by atoms with Gasteiger partial charge in [-0.3, -0.25) is 4.79 Å². The molecule has 0 aromatic heterocycles. The smallest absolute Gasteiger partial charge is 0.319 e. The van der Waals surface area contributed by atoms with Crippen molar-refractivity contribution in [1.82, 2.24) is 10.2 Å². The summed E-state index contributed by atoms with van der Waals surface area (Å²) in [6, 6.07) is 13.2. The van der Waals surface area contributed by atoms with Gasteiger partial charge in [-0.2, -0.15) is 0 Å². The molecule has 0 unspecified atom stereocenters. The number of hydrogen-bond acceptors (Lipinski definition) is 3. The zero-order valence-corrected chi connectivity index (χ0v) is 16.8. The van der Waals surface area contributed by atoms with Crippen molar-refractivity contribution < 1.29 is 9.59 Å². The van der Waals surface area contributed by atoms with Gasteiger partial charge in [-0.15, -0.1) is 0 Å². The molecule has 0 atom stereocenters. The lowest BCUT2D eigenvalue weighted by atomic mass is 10.1. The molecule has 1 fully saturated rings.